The molecule has 106 valence electrons. The summed E-state index contributed by atoms with van der Waals surface area (Å²) < 4.78 is 5.26. The number of nitrogens with two attached hydrogens (primary N) is 1. The number of hydrogen-bond acceptors (Lipinski definition) is 6. The van der Waals surface area contributed by atoms with Crippen LogP contribution in [0.25, 0.3) is 0 Å². The normalized spacial score (nSPS) is 18.2. The molecule has 1 aliphatic rings. The summed E-state index contributed by atoms with van der Waals surface area (Å²) in [4.78, 5) is 8.24. The summed E-state index contributed by atoms with van der Waals surface area (Å²) in [7, 11) is 0. The van der Waals surface area contributed by atoms with Crippen molar-refractivity contribution < 1.29 is 9.84 Å². The highest BCUT2D eigenvalue weighted by molar-refractivity contribution is 5.55. The molecule has 1 aromatic heterocycles. The van der Waals surface area contributed by atoms with Crippen LogP contribution < -0.4 is 11.1 Å². The van der Waals surface area contributed by atoms with Crippen molar-refractivity contribution >= 4 is 11.6 Å². The van der Waals surface area contributed by atoms with Gasteiger partial charge in [-0.3, -0.25) is 0 Å². The third kappa shape index (κ3) is 3.54. The molecule has 0 bridgehead atoms. The zero-order valence-corrected chi connectivity index (χ0v) is 11.4. The van der Waals surface area contributed by atoms with E-state index < -0.39 is 5.60 Å². The van der Waals surface area contributed by atoms with Crippen molar-refractivity contribution in [3.63, 3.8) is 0 Å². The molecule has 6 nitrogen and oxygen atoms in total. The maximum absolute atomic E-state index is 10.4. The molecule has 0 radical (unpaired) electrons. The lowest BCUT2D eigenvalue weighted by atomic mass is 9.94. The third-order valence-corrected chi connectivity index (χ3v) is 3.49. The van der Waals surface area contributed by atoms with Gasteiger partial charge in [-0.1, -0.05) is 13.3 Å². The molecular formula is C13H22N4O2. The average Bonchev–Trinajstić information content (AvgIpc) is 2.41. The topological polar surface area (TPSA) is 93.3 Å². The molecular weight excluding hydrogens is 244 g/mol. The Balaban J connectivity index is 2.04. The van der Waals surface area contributed by atoms with Crippen LogP contribution in [0, 0.1) is 0 Å². The molecule has 4 N–H and O–H groups in total. The van der Waals surface area contributed by atoms with Crippen LogP contribution in [0.15, 0.2) is 6.33 Å². The maximum Gasteiger partial charge on any atom is 0.134 e. The third-order valence-electron chi connectivity index (χ3n) is 3.49. The number of aliphatic hydroxyl groups is 1. The molecule has 1 aliphatic heterocycles. The van der Waals surface area contributed by atoms with E-state index >= 15 is 0 Å². The van der Waals surface area contributed by atoms with Gasteiger partial charge in [-0.15, -0.1) is 0 Å². The molecule has 0 spiro atoms. The van der Waals surface area contributed by atoms with Gasteiger partial charge in [-0.2, -0.15) is 0 Å². The first-order valence-corrected chi connectivity index (χ1v) is 6.78. The van der Waals surface area contributed by atoms with Gasteiger partial charge in [0.15, 0.2) is 0 Å². The van der Waals surface area contributed by atoms with E-state index in [1.54, 1.807) is 0 Å². The van der Waals surface area contributed by atoms with Crippen LogP contribution in [-0.4, -0.2) is 40.4 Å². The molecule has 0 aromatic carbocycles. The molecule has 2 rings (SSSR count). The minimum atomic E-state index is -0.721. The molecule has 1 fully saturated rings. The van der Waals surface area contributed by atoms with Gasteiger partial charge in [0.1, 0.15) is 18.0 Å². The van der Waals surface area contributed by atoms with Crippen molar-refractivity contribution in [2.45, 2.75) is 38.2 Å². The van der Waals surface area contributed by atoms with E-state index in [1.807, 2.05) is 0 Å². The fourth-order valence-electron chi connectivity index (χ4n) is 2.25. The van der Waals surface area contributed by atoms with Crippen molar-refractivity contribution in [3.05, 3.63) is 11.9 Å². The van der Waals surface area contributed by atoms with E-state index in [9.17, 15) is 5.11 Å². The Bertz CT molecular complexity index is 419. The number of nitrogens with one attached hydrogen (secondary N) is 1. The van der Waals surface area contributed by atoms with E-state index in [4.69, 9.17) is 10.5 Å². The van der Waals surface area contributed by atoms with Gasteiger partial charge >= 0.3 is 0 Å². The highest BCUT2D eigenvalue weighted by Crippen LogP contribution is 2.23. The highest BCUT2D eigenvalue weighted by Gasteiger charge is 2.29. The molecule has 0 atom stereocenters. The number of hydrogen-bond donors (Lipinski definition) is 3. The second-order valence-corrected chi connectivity index (χ2v) is 5.03. The van der Waals surface area contributed by atoms with E-state index in [0.29, 0.717) is 38.4 Å². The molecule has 0 unspecified atom stereocenters. The van der Waals surface area contributed by atoms with Crippen LogP contribution >= 0.6 is 0 Å². The van der Waals surface area contributed by atoms with Crippen LogP contribution in [0.1, 0.15) is 31.7 Å². The van der Waals surface area contributed by atoms with Gasteiger partial charge in [-0.05, 0) is 6.42 Å². The summed E-state index contributed by atoms with van der Waals surface area (Å²) in [5.74, 6) is 1.24. The number of nitrogen functional groups attached to an aromatic ring is 1. The van der Waals surface area contributed by atoms with E-state index in [2.05, 4.69) is 22.2 Å². The average molecular weight is 266 g/mol. The molecule has 0 amide bonds. The second kappa shape index (κ2) is 6.16. The first-order chi connectivity index (χ1) is 9.14. The fourth-order valence-corrected chi connectivity index (χ4v) is 2.25. The van der Waals surface area contributed by atoms with Gasteiger partial charge in [0.05, 0.1) is 5.60 Å². The Morgan fingerprint density at radius 2 is 2.16 bits per heavy atom. The quantitative estimate of drug-likeness (QED) is 0.735. The minimum Gasteiger partial charge on any atom is -0.388 e. The maximum atomic E-state index is 10.4. The number of ether oxygens (including phenoxy) is 1. The molecule has 6 heteroatoms. The summed E-state index contributed by atoms with van der Waals surface area (Å²) in [6.07, 6.45) is 4.54. The van der Waals surface area contributed by atoms with Gasteiger partial charge in [0.25, 0.3) is 0 Å². The second-order valence-electron chi connectivity index (χ2n) is 5.03. The Hall–Kier alpha value is -1.40. The zero-order valence-electron chi connectivity index (χ0n) is 11.4. The zero-order chi connectivity index (χ0) is 13.7. The lowest BCUT2D eigenvalue weighted by Gasteiger charge is -2.32. The number of nitrogens with zero attached hydrogens (tertiary/aromatic N) is 2. The predicted molar refractivity (Wildman–Crippen MR) is 73.9 cm³/mol. The summed E-state index contributed by atoms with van der Waals surface area (Å²) >= 11 is 0. The summed E-state index contributed by atoms with van der Waals surface area (Å²) in [5, 5.41) is 13.6. The highest BCUT2D eigenvalue weighted by atomic mass is 16.5. The van der Waals surface area contributed by atoms with Crippen LogP contribution in [-0.2, 0) is 11.2 Å². The number of aromatic nitrogens is 2. The summed E-state index contributed by atoms with van der Waals surface area (Å²) in [6.45, 7) is 3.75. The lowest BCUT2D eigenvalue weighted by molar-refractivity contribution is -0.0543. The largest absolute Gasteiger partial charge is 0.388 e. The van der Waals surface area contributed by atoms with Gasteiger partial charge < -0.3 is 20.9 Å². The first-order valence-electron chi connectivity index (χ1n) is 6.78. The van der Waals surface area contributed by atoms with Crippen LogP contribution in [0.2, 0.25) is 0 Å². The lowest BCUT2D eigenvalue weighted by Crippen LogP contribution is -2.42. The van der Waals surface area contributed by atoms with Crippen molar-refractivity contribution in [1.82, 2.24) is 9.97 Å². The Kier molecular flexibility index (Phi) is 4.55. The van der Waals surface area contributed by atoms with Gasteiger partial charge in [-0.25, -0.2) is 9.97 Å². The molecule has 2 heterocycles. The van der Waals surface area contributed by atoms with Gasteiger partial charge in [0, 0.05) is 38.2 Å². The van der Waals surface area contributed by atoms with Crippen LogP contribution in [0.5, 0.6) is 0 Å². The van der Waals surface area contributed by atoms with Crippen molar-refractivity contribution in [2.75, 3.05) is 30.8 Å². The van der Waals surface area contributed by atoms with Crippen molar-refractivity contribution in [2.24, 2.45) is 0 Å². The monoisotopic (exact) mass is 266 g/mol. The SMILES string of the molecule is CCCc1c(N)ncnc1NCC1(O)CCOCC1. The van der Waals surface area contributed by atoms with E-state index in [1.165, 1.54) is 6.33 Å². The molecule has 0 aliphatic carbocycles. The minimum absolute atomic E-state index is 0.462. The van der Waals surface area contributed by atoms with E-state index in [0.717, 1.165) is 24.2 Å². The van der Waals surface area contributed by atoms with Crippen LogP contribution in [0.4, 0.5) is 11.6 Å². The number of rotatable bonds is 5. The smallest absolute Gasteiger partial charge is 0.134 e. The van der Waals surface area contributed by atoms with Crippen molar-refractivity contribution in [1.29, 1.82) is 0 Å². The molecule has 1 saturated heterocycles. The van der Waals surface area contributed by atoms with Crippen molar-refractivity contribution in [3.8, 4) is 0 Å². The van der Waals surface area contributed by atoms with Gasteiger partial charge in [0.2, 0.25) is 0 Å². The predicted octanol–water partition coefficient (Wildman–Crippen LogP) is 0.965. The first kappa shape index (κ1) is 14.0. The molecule has 19 heavy (non-hydrogen) atoms. The summed E-state index contributed by atoms with van der Waals surface area (Å²) in [6, 6.07) is 0. The summed E-state index contributed by atoms with van der Waals surface area (Å²) in [5.41, 5.74) is 6.09. The fraction of sp³-hybridized carbons (Fsp3) is 0.692. The Morgan fingerprint density at radius 1 is 1.42 bits per heavy atom. The molecule has 0 saturated carbocycles. The van der Waals surface area contributed by atoms with Crippen LogP contribution in [0.3, 0.4) is 0 Å². The Labute approximate surface area is 113 Å². The standard InChI is InChI=1S/C13H22N4O2/c1-2-3-10-11(14)16-9-17-12(10)15-8-13(18)4-6-19-7-5-13/h9,18H,2-8H2,1H3,(H3,14,15,16,17). The number of anilines is 2. The molecule has 1 aromatic rings. The van der Waals surface area contributed by atoms with E-state index in [-0.39, 0.29) is 0 Å². The Morgan fingerprint density at radius 3 is 2.84 bits per heavy atom.